The van der Waals surface area contributed by atoms with Gasteiger partial charge >= 0.3 is 0 Å². The highest BCUT2D eigenvalue weighted by Crippen LogP contribution is 2.27. The van der Waals surface area contributed by atoms with E-state index < -0.39 is 0 Å². The molecule has 2 aromatic rings. The summed E-state index contributed by atoms with van der Waals surface area (Å²) in [6, 6.07) is 7.47. The SMILES string of the molecule is Cl.Cl.O=C(c1csc(-c2ccccc2F)n1)N1CCC2CCC(C1)N2. The Kier molecular flexibility index (Phi) is 6.79. The second-order valence-electron chi connectivity index (χ2n) is 6.20. The van der Waals surface area contributed by atoms with Crippen LogP contribution in [0.1, 0.15) is 29.8 Å². The maximum atomic E-state index is 13.9. The number of hydrogen-bond acceptors (Lipinski definition) is 4. The number of nitrogens with one attached hydrogen (secondary N) is 1. The van der Waals surface area contributed by atoms with Gasteiger partial charge in [0.05, 0.1) is 0 Å². The maximum Gasteiger partial charge on any atom is 0.273 e. The molecule has 2 aliphatic heterocycles. The van der Waals surface area contributed by atoms with Crippen molar-refractivity contribution in [1.29, 1.82) is 0 Å². The van der Waals surface area contributed by atoms with Crippen LogP contribution in [0, 0.1) is 5.82 Å². The first-order chi connectivity index (χ1) is 11.2. The number of amides is 1. The number of benzene rings is 1. The molecular formula is C17H20Cl2FN3OS. The van der Waals surface area contributed by atoms with E-state index in [0.717, 1.165) is 25.9 Å². The van der Waals surface area contributed by atoms with Crippen molar-refractivity contribution in [2.45, 2.75) is 31.3 Å². The Bertz CT molecular complexity index is 742. The van der Waals surface area contributed by atoms with Crippen molar-refractivity contribution in [2.24, 2.45) is 0 Å². The third-order valence-electron chi connectivity index (χ3n) is 4.64. The molecule has 2 bridgehead atoms. The zero-order chi connectivity index (χ0) is 15.8. The van der Waals surface area contributed by atoms with Gasteiger partial charge in [-0.05, 0) is 31.4 Å². The molecule has 136 valence electrons. The maximum absolute atomic E-state index is 13.9. The third-order valence-corrected chi connectivity index (χ3v) is 5.51. The van der Waals surface area contributed by atoms with Gasteiger partial charge in [0.15, 0.2) is 0 Å². The molecule has 4 rings (SSSR count). The second-order valence-corrected chi connectivity index (χ2v) is 7.05. The Morgan fingerprint density at radius 3 is 2.76 bits per heavy atom. The minimum Gasteiger partial charge on any atom is -0.336 e. The van der Waals surface area contributed by atoms with Gasteiger partial charge in [-0.15, -0.1) is 36.2 Å². The Balaban J connectivity index is 0.00000113. The molecule has 2 atom stereocenters. The lowest BCUT2D eigenvalue weighted by molar-refractivity contribution is 0.0743. The highest BCUT2D eigenvalue weighted by molar-refractivity contribution is 7.13. The van der Waals surface area contributed by atoms with Crippen LogP contribution < -0.4 is 5.32 Å². The molecular weight excluding hydrogens is 384 g/mol. The van der Waals surface area contributed by atoms with E-state index in [0.29, 0.717) is 28.3 Å². The van der Waals surface area contributed by atoms with Crippen molar-refractivity contribution < 1.29 is 9.18 Å². The fourth-order valence-electron chi connectivity index (χ4n) is 3.42. The predicted molar refractivity (Wildman–Crippen MR) is 102 cm³/mol. The zero-order valence-electron chi connectivity index (χ0n) is 13.5. The number of likely N-dealkylation sites (tertiary alicyclic amines) is 1. The normalized spacial score (nSPS) is 21.9. The first kappa shape index (κ1) is 20.1. The van der Waals surface area contributed by atoms with E-state index in [4.69, 9.17) is 0 Å². The fourth-order valence-corrected chi connectivity index (χ4v) is 4.24. The van der Waals surface area contributed by atoms with Crippen LogP contribution in [0.3, 0.4) is 0 Å². The van der Waals surface area contributed by atoms with Crippen molar-refractivity contribution in [3.8, 4) is 10.6 Å². The van der Waals surface area contributed by atoms with Gasteiger partial charge in [0.1, 0.15) is 16.5 Å². The number of carbonyl (C=O) groups is 1. The van der Waals surface area contributed by atoms with Gasteiger partial charge in [-0.2, -0.15) is 0 Å². The Morgan fingerprint density at radius 1 is 1.20 bits per heavy atom. The van der Waals surface area contributed by atoms with E-state index in [1.165, 1.54) is 23.8 Å². The standard InChI is InChI=1S/C17H18FN3OS.2ClH/c18-14-4-2-1-3-13(14)16-20-15(10-23-16)17(22)21-8-7-11-5-6-12(9-21)19-11;;/h1-4,10-12,19H,5-9H2;2*1H. The van der Waals surface area contributed by atoms with E-state index >= 15 is 0 Å². The lowest BCUT2D eigenvalue weighted by atomic mass is 10.1. The summed E-state index contributed by atoms with van der Waals surface area (Å²) in [5.41, 5.74) is 0.874. The molecule has 0 saturated carbocycles. The number of halogens is 3. The van der Waals surface area contributed by atoms with Crippen LogP contribution in [0.5, 0.6) is 0 Å². The predicted octanol–water partition coefficient (Wildman–Crippen LogP) is 3.76. The number of nitrogens with zero attached hydrogens (tertiary/aromatic N) is 2. The molecule has 1 N–H and O–H groups in total. The van der Waals surface area contributed by atoms with E-state index in [1.54, 1.807) is 23.6 Å². The van der Waals surface area contributed by atoms with Gasteiger partial charge < -0.3 is 10.2 Å². The average molecular weight is 404 g/mol. The van der Waals surface area contributed by atoms with Crippen LogP contribution >= 0.6 is 36.2 Å². The summed E-state index contributed by atoms with van der Waals surface area (Å²) < 4.78 is 13.9. The number of hydrogen-bond donors (Lipinski definition) is 1. The number of fused-ring (bicyclic) bond motifs is 2. The summed E-state index contributed by atoms with van der Waals surface area (Å²) in [5.74, 6) is -0.352. The van der Waals surface area contributed by atoms with E-state index in [1.807, 2.05) is 4.90 Å². The van der Waals surface area contributed by atoms with Gasteiger partial charge in [0, 0.05) is 36.1 Å². The summed E-state index contributed by atoms with van der Waals surface area (Å²) in [6.45, 7) is 1.50. The van der Waals surface area contributed by atoms with Crippen LogP contribution in [0.4, 0.5) is 4.39 Å². The molecule has 2 aliphatic rings. The number of thiazole rings is 1. The number of carbonyl (C=O) groups excluding carboxylic acids is 1. The Labute approximate surface area is 162 Å². The number of rotatable bonds is 2. The van der Waals surface area contributed by atoms with Crippen molar-refractivity contribution in [3.05, 3.63) is 41.2 Å². The molecule has 4 nitrogen and oxygen atoms in total. The summed E-state index contributed by atoms with van der Waals surface area (Å²) >= 11 is 1.32. The molecule has 1 aromatic carbocycles. The second kappa shape index (κ2) is 8.45. The third kappa shape index (κ3) is 4.14. The van der Waals surface area contributed by atoms with Crippen LogP contribution in [-0.4, -0.2) is 41.0 Å². The van der Waals surface area contributed by atoms with Crippen LogP contribution in [-0.2, 0) is 0 Å². The summed E-state index contributed by atoms with van der Waals surface area (Å²) in [6.07, 6.45) is 3.33. The van der Waals surface area contributed by atoms with Crippen molar-refractivity contribution in [1.82, 2.24) is 15.2 Å². The molecule has 2 fully saturated rings. The van der Waals surface area contributed by atoms with Crippen molar-refractivity contribution in [3.63, 3.8) is 0 Å². The molecule has 1 aromatic heterocycles. The molecule has 0 radical (unpaired) electrons. The minimum atomic E-state index is -0.308. The first-order valence-electron chi connectivity index (χ1n) is 7.96. The lowest BCUT2D eigenvalue weighted by Gasteiger charge is -2.23. The smallest absolute Gasteiger partial charge is 0.273 e. The first-order valence-corrected chi connectivity index (χ1v) is 8.84. The van der Waals surface area contributed by atoms with Crippen LogP contribution in [0.2, 0.25) is 0 Å². The van der Waals surface area contributed by atoms with Gasteiger partial charge in [-0.3, -0.25) is 4.79 Å². The summed E-state index contributed by atoms with van der Waals surface area (Å²) in [4.78, 5) is 19.0. The lowest BCUT2D eigenvalue weighted by Crippen LogP contribution is -2.39. The fraction of sp³-hybridized carbons (Fsp3) is 0.412. The molecule has 2 unspecified atom stereocenters. The molecule has 1 amide bonds. The van der Waals surface area contributed by atoms with Crippen LogP contribution in [0.25, 0.3) is 10.6 Å². The Morgan fingerprint density at radius 2 is 1.96 bits per heavy atom. The highest BCUT2D eigenvalue weighted by Gasteiger charge is 2.32. The molecule has 8 heteroatoms. The van der Waals surface area contributed by atoms with Gasteiger partial charge in [0.2, 0.25) is 0 Å². The van der Waals surface area contributed by atoms with E-state index in [2.05, 4.69) is 10.3 Å². The topological polar surface area (TPSA) is 45.2 Å². The van der Waals surface area contributed by atoms with E-state index in [-0.39, 0.29) is 36.5 Å². The van der Waals surface area contributed by atoms with Crippen molar-refractivity contribution >= 4 is 42.1 Å². The van der Waals surface area contributed by atoms with Crippen molar-refractivity contribution in [2.75, 3.05) is 13.1 Å². The zero-order valence-corrected chi connectivity index (χ0v) is 15.9. The quantitative estimate of drug-likeness (QED) is 0.829. The largest absolute Gasteiger partial charge is 0.336 e. The van der Waals surface area contributed by atoms with E-state index in [9.17, 15) is 9.18 Å². The Hall–Kier alpha value is -1.21. The molecule has 0 aliphatic carbocycles. The molecule has 0 spiro atoms. The molecule has 3 heterocycles. The van der Waals surface area contributed by atoms with Crippen LogP contribution in [0.15, 0.2) is 29.6 Å². The minimum absolute atomic E-state index is 0. The summed E-state index contributed by atoms with van der Waals surface area (Å²) in [5, 5.41) is 5.86. The summed E-state index contributed by atoms with van der Waals surface area (Å²) in [7, 11) is 0. The van der Waals surface area contributed by atoms with Gasteiger partial charge in [0.25, 0.3) is 5.91 Å². The highest BCUT2D eigenvalue weighted by atomic mass is 35.5. The van der Waals surface area contributed by atoms with Gasteiger partial charge in [-0.25, -0.2) is 9.37 Å². The molecule has 2 saturated heterocycles. The number of aromatic nitrogens is 1. The molecule has 25 heavy (non-hydrogen) atoms. The average Bonchev–Trinajstić information content (AvgIpc) is 3.14. The van der Waals surface area contributed by atoms with Gasteiger partial charge in [-0.1, -0.05) is 12.1 Å². The monoisotopic (exact) mass is 403 g/mol.